The van der Waals surface area contributed by atoms with Gasteiger partial charge in [0.05, 0.1) is 11.0 Å². The average molecular weight is 282 g/mol. The fraction of sp³-hybridized carbons (Fsp3) is 0.333. The summed E-state index contributed by atoms with van der Waals surface area (Å²) in [6.45, 7) is 0.232. The first-order valence-corrected chi connectivity index (χ1v) is 6.59. The van der Waals surface area contributed by atoms with Crippen LogP contribution in [0.3, 0.4) is 0 Å². The minimum Gasteiger partial charge on any atom is -0.352 e. The number of rotatable bonds is 3. The van der Waals surface area contributed by atoms with Gasteiger partial charge in [-0.05, 0) is 43.3 Å². The summed E-state index contributed by atoms with van der Waals surface area (Å²) in [4.78, 5) is 14.9. The number of nitrogens with zero attached hydrogens (tertiary/aromatic N) is 1. The molecule has 1 fully saturated rings. The van der Waals surface area contributed by atoms with Gasteiger partial charge < -0.3 is 14.9 Å². The van der Waals surface area contributed by atoms with Crippen LogP contribution in [0.2, 0.25) is 5.02 Å². The lowest BCUT2D eigenvalue weighted by molar-refractivity contribution is -0.121. The molecule has 0 radical (unpaired) electrons. The number of hydrogen-bond donors (Lipinski definition) is 2. The van der Waals surface area contributed by atoms with E-state index in [2.05, 4.69) is 10.3 Å². The van der Waals surface area contributed by atoms with E-state index in [0.29, 0.717) is 15.8 Å². The van der Waals surface area contributed by atoms with Crippen LogP contribution >= 0.6 is 23.8 Å². The van der Waals surface area contributed by atoms with Crippen molar-refractivity contribution < 1.29 is 4.79 Å². The highest BCUT2D eigenvalue weighted by molar-refractivity contribution is 7.71. The molecule has 0 unspecified atom stereocenters. The van der Waals surface area contributed by atoms with E-state index in [1.807, 2.05) is 12.1 Å². The SMILES string of the molecule is O=C(Cn1c(=S)[nH]c2ccc(Cl)cc21)NC1CC1. The Morgan fingerprint density at radius 3 is 3.06 bits per heavy atom. The molecule has 0 aliphatic heterocycles. The summed E-state index contributed by atoms with van der Waals surface area (Å²) in [7, 11) is 0. The molecule has 94 valence electrons. The number of aromatic amines is 1. The molecule has 1 heterocycles. The number of hydrogen-bond acceptors (Lipinski definition) is 2. The van der Waals surface area contributed by atoms with Gasteiger partial charge in [-0.1, -0.05) is 11.6 Å². The standard InChI is InChI=1S/C12H12ClN3OS/c13-7-1-4-9-10(5-7)16(12(18)15-9)6-11(17)14-8-2-3-8/h1,4-5,8H,2-3,6H2,(H,14,17)(H,15,18). The van der Waals surface area contributed by atoms with Crippen molar-refractivity contribution in [3.63, 3.8) is 0 Å². The van der Waals surface area contributed by atoms with E-state index in [1.165, 1.54) is 0 Å². The Balaban J connectivity index is 1.94. The van der Waals surface area contributed by atoms with Crippen molar-refractivity contribution in [1.29, 1.82) is 0 Å². The minimum atomic E-state index is -0.00512. The highest BCUT2D eigenvalue weighted by Crippen LogP contribution is 2.20. The Morgan fingerprint density at radius 2 is 2.33 bits per heavy atom. The molecule has 1 aromatic carbocycles. The van der Waals surface area contributed by atoms with Gasteiger partial charge in [-0.3, -0.25) is 4.79 Å². The molecular weight excluding hydrogens is 270 g/mol. The van der Waals surface area contributed by atoms with Gasteiger partial charge in [0, 0.05) is 11.1 Å². The number of aromatic nitrogens is 2. The Labute approximate surface area is 114 Å². The van der Waals surface area contributed by atoms with Crippen LogP contribution in [0.15, 0.2) is 18.2 Å². The maximum atomic E-state index is 11.8. The smallest absolute Gasteiger partial charge is 0.240 e. The summed E-state index contributed by atoms with van der Waals surface area (Å²) < 4.78 is 2.31. The normalized spacial score (nSPS) is 14.9. The van der Waals surface area contributed by atoms with Gasteiger partial charge in [0.2, 0.25) is 5.91 Å². The number of carbonyl (C=O) groups is 1. The first-order chi connectivity index (χ1) is 8.63. The number of H-pyrrole nitrogens is 1. The number of imidazole rings is 1. The first kappa shape index (κ1) is 11.7. The predicted octanol–water partition coefficient (Wildman–Crippen LogP) is 2.63. The van der Waals surface area contributed by atoms with E-state index in [9.17, 15) is 4.79 Å². The monoisotopic (exact) mass is 281 g/mol. The van der Waals surface area contributed by atoms with Crippen LogP contribution in [0.1, 0.15) is 12.8 Å². The molecule has 3 rings (SSSR count). The van der Waals surface area contributed by atoms with Crippen LogP contribution in [0.4, 0.5) is 0 Å². The van der Waals surface area contributed by atoms with Crippen molar-refractivity contribution in [2.24, 2.45) is 0 Å². The Morgan fingerprint density at radius 1 is 1.56 bits per heavy atom. The van der Waals surface area contributed by atoms with Gasteiger partial charge in [0.25, 0.3) is 0 Å². The number of carbonyl (C=O) groups excluding carboxylic acids is 1. The second kappa shape index (κ2) is 4.40. The summed E-state index contributed by atoms with van der Waals surface area (Å²) in [5.41, 5.74) is 1.75. The van der Waals surface area contributed by atoms with Crippen LogP contribution in [0.25, 0.3) is 11.0 Å². The second-order valence-electron chi connectivity index (χ2n) is 4.52. The van der Waals surface area contributed by atoms with Crippen LogP contribution in [-0.4, -0.2) is 21.5 Å². The molecule has 0 spiro atoms. The molecule has 6 heteroatoms. The molecule has 2 aromatic rings. The third kappa shape index (κ3) is 2.28. The number of nitrogens with one attached hydrogen (secondary N) is 2. The molecule has 0 atom stereocenters. The molecule has 2 N–H and O–H groups in total. The maximum Gasteiger partial charge on any atom is 0.240 e. The maximum absolute atomic E-state index is 11.8. The van der Waals surface area contributed by atoms with E-state index in [4.69, 9.17) is 23.8 Å². The zero-order valence-corrected chi connectivity index (χ0v) is 11.1. The molecule has 1 saturated carbocycles. The zero-order chi connectivity index (χ0) is 12.7. The highest BCUT2D eigenvalue weighted by atomic mass is 35.5. The quantitative estimate of drug-likeness (QED) is 0.850. The van der Waals surface area contributed by atoms with Crippen LogP contribution in [-0.2, 0) is 11.3 Å². The largest absolute Gasteiger partial charge is 0.352 e. The minimum absolute atomic E-state index is 0.00512. The Bertz CT molecular complexity index is 672. The fourth-order valence-electron chi connectivity index (χ4n) is 1.93. The first-order valence-electron chi connectivity index (χ1n) is 5.81. The lowest BCUT2D eigenvalue weighted by atomic mass is 10.3. The van der Waals surface area contributed by atoms with E-state index in [0.717, 1.165) is 23.9 Å². The molecule has 1 amide bonds. The van der Waals surface area contributed by atoms with Crippen molar-refractivity contribution in [2.45, 2.75) is 25.4 Å². The molecule has 1 aromatic heterocycles. The lowest BCUT2D eigenvalue weighted by Gasteiger charge is -2.05. The van der Waals surface area contributed by atoms with Crippen molar-refractivity contribution >= 4 is 40.8 Å². The lowest BCUT2D eigenvalue weighted by Crippen LogP contribution is -2.29. The number of benzene rings is 1. The van der Waals surface area contributed by atoms with Crippen LogP contribution < -0.4 is 5.32 Å². The molecule has 1 aliphatic carbocycles. The van der Waals surface area contributed by atoms with Gasteiger partial charge in [-0.2, -0.15) is 0 Å². The average Bonchev–Trinajstić information content (AvgIpc) is 3.07. The number of fused-ring (bicyclic) bond motifs is 1. The third-order valence-corrected chi connectivity index (χ3v) is 3.54. The molecule has 1 aliphatic rings. The topological polar surface area (TPSA) is 49.8 Å². The third-order valence-electron chi connectivity index (χ3n) is 2.98. The van der Waals surface area contributed by atoms with Crippen molar-refractivity contribution in [3.8, 4) is 0 Å². The molecule has 18 heavy (non-hydrogen) atoms. The van der Waals surface area contributed by atoms with E-state index >= 15 is 0 Å². The molecular formula is C12H12ClN3OS. The van der Waals surface area contributed by atoms with Crippen molar-refractivity contribution in [1.82, 2.24) is 14.9 Å². The summed E-state index contributed by atoms with van der Waals surface area (Å²) in [6.07, 6.45) is 2.16. The zero-order valence-electron chi connectivity index (χ0n) is 9.57. The van der Waals surface area contributed by atoms with E-state index in [1.54, 1.807) is 10.6 Å². The van der Waals surface area contributed by atoms with Gasteiger partial charge in [0.1, 0.15) is 6.54 Å². The highest BCUT2D eigenvalue weighted by Gasteiger charge is 2.23. The van der Waals surface area contributed by atoms with Gasteiger partial charge in [-0.25, -0.2) is 0 Å². The van der Waals surface area contributed by atoms with E-state index in [-0.39, 0.29) is 12.5 Å². The second-order valence-corrected chi connectivity index (χ2v) is 5.34. The summed E-state index contributed by atoms with van der Waals surface area (Å²) in [6, 6.07) is 5.83. The number of halogens is 1. The van der Waals surface area contributed by atoms with Crippen molar-refractivity contribution in [3.05, 3.63) is 28.0 Å². The van der Waals surface area contributed by atoms with Crippen molar-refractivity contribution in [2.75, 3.05) is 0 Å². The van der Waals surface area contributed by atoms with Crippen LogP contribution in [0.5, 0.6) is 0 Å². The summed E-state index contributed by atoms with van der Waals surface area (Å²) >= 11 is 11.2. The Kier molecular flexibility index (Phi) is 2.87. The van der Waals surface area contributed by atoms with Gasteiger partial charge in [0.15, 0.2) is 4.77 Å². The molecule has 0 saturated heterocycles. The Hall–Kier alpha value is -1.33. The number of amides is 1. The summed E-state index contributed by atoms with van der Waals surface area (Å²) in [5, 5.41) is 3.58. The van der Waals surface area contributed by atoms with E-state index < -0.39 is 0 Å². The fourth-order valence-corrected chi connectivity index (χ4v) is 2.37. The van der Waals surface area contributed by atoms with Gasteiger partial charge >= 0.3 is 0 Å². The van der Waals surface area contributed by atoms with Gasteiger partial charge in [-0.15, -0.1) is 0 Å². The summed E-state index contributed by atoms with van der Waals surface area (Å²) in [5.74, 6) is -0.00512. The predicted molar refractivity (Wildman–Crippen MR) is 73.3 cm³/mol. The molecule has 0 bridgehead atoms. The molecule has 4 nitrogen and oxygen atoms in total. The van der Waals surface area contributed by atoms with Crippen LogP contribution in [0, 0.1) is 4.77 Å².